The van der Waals surface area contributed by atoms with Gasteiger partial charge in [-0.2, -0.15) is 0 Å². The number of nitrogens with one attached hydrogen (secondary N) is 2. The number of pyridine rings is 1. The number of ether oxygens (including phenoxy) is 1. The van der Waals surface area contributed by atoms with Crippen LogP contribution >= 0.6 is 0 Å². The summed E-state index contributed by atoms with van der Waals surface area (Å²) in [6, 6.07) is 2.77. The molecule has 3 heterocycles. The van der Waals surface area contributed by atoms with Gasteiger partial charge in [-0.1, -0.05) is 6.07 Å². The predicted octanol–water partition coefficient (Wildman–Crippen LogP) is 1.68. The lowest BCUT2D eigenvalue weighted by molar-refractivity contribution is -0.124. The number of carbonyl (C=O) groups excluding carboxylic acids is 2. The van der Waals surface area contributed by atoms with Crippen LogP contribution in [0.4, 0.5) is 16.3 Å². The van der Waals surface area contributed by atoms with Crippen molar-refractivity contribution in [1.29, 1.82) is 0 Å². The number of nitrogens with zero attached hydrogens (tertiary/aromatic N) is 3. The zero-order chi connectivity index (χ0) is 22.1. The fraction of sp³-hybridized carbons (Fsp3) is 0.450. The Bertz CT molecular complexity index is 1040. The second kappa shape index (κ2) is 8.13. The van der Waals surface area contributed by atoms with E-state index in [1.165, 1.54) is 10.8 Å². The molecule has 0 radical (unpaired) electrons. The zero-order valence-corrected chi connectivity index (χ0v) is 17.5. The molecule has 0 saturated carbocycles. The molecule has 0 spiro atoms. The van der Waals surface area contributed by atoms with Crippen molar-refractivity contribution in [1.82, 2.24) is 19.9 Å². The summed E-state index contributed by atoms with van der Waals surface area (Å²) in [7, 11) is 0. The molecule has 2 aromatic heterocycles. The molecule has 0 unspecified atom stereocenters. The van der Waals surface area contributed by atoms with Crippen LogP contribution in [0, 0.1) is 6.92 Å². The molecule has 0 saturated heterocycles. The number of hydrogen-bond donors (Lipinski definition) is 3. The topological polar surface area (TPSA) is 141 Å². The van der Waals surface area contributed by atoms with Crippen LogP contribution in [0.1, 0.15) is 50.3 Å². The number of rotatable bonds is 4. The van der Waals surface area contributed by atoms with Crippen molar-refractivity contribution in [3.8, 4) is 0 Å². The van der Waals surface area contributed by atoms with Gasteiger partial charge >= 0.3 is 6.09 Å². The number of nitrogens with two attached hydrogens (primary N) is 1. The third-order valence-corrected chi connectivity index (χ3v) is 4.63. The van der Waals surface area contributed by atoms with E-state index in [-0.39, 0.29) is 18.1 Å². The lowest BCUT2D eigenvalue weighted by Gasteiger charge is -2.19. The van der Waals surface area contributed by atoms with Gasteiger partial charge in [0.05, 0.1) is 6.20 Å². The van der Waals surface area contributed by atoms with Crippen LogP contribution in [0.25, 0.3) is 0 Å². The number of hydrogen-bond acceptors (Lipinski definition) is 7. The number of fused-ring (bicyclic) bond motifs is 1. The summed E-state index contributed by atoms with van der Waals surface area (Å²) in [5.74, 6) is 0.637. The molecule has 10 heteroatoms. The second-order valence-corrected chi connectivity index (χ2v) is 8.15. The average molecular weight is 414 g/mol. The highest BCUT2D eigenvalue weighted by molar-refractivity contribution is 5.83. The van der Waals surface area contributed by atoms with Crippen molar-refractivity contribution in [3.05, 3.63) is 45.8 Å². The number of aryl methyl sites for hydroxylation is 2. The second-order valence-electron chi connectivity index (χ2n) is 8.15. The van der Waals surface area contributed by atoms with E-state index in [9.17, 15) is 14.4 Å². The summed E-state index contributed by atoms with van der Waals surface area (Å²) >= 11 is 0. The Balaban J connectivity index is 1.63. The lowest BCUT2D eigenvalue weighted by atomic mass is 10.1. The third kappa shape index (κ3) is 4.76. The summed E-state index contributed by atoms with van der Waals surface area (Å²) in [4.78, 5) is 45.3. The van der Waals surface area contributed by atoms with Gasteiger partial charge in [-0.05, 0) is 45.7 Å². The number of anilines is 2. The molecule has 160 valence electrons. The van der Waals surface area contributed by atoms with Crippen molar-refractivity contribution in [2.45, 2.75) is 58.7 Å². The van der Waals surface area contributed by atoms with Crippen LogP contribution in [0.3, 0.4) is 0 Å². The maximum Gasteiger partial charge on any atom is 0.413 e. The third-order valence-electron chi connectivity index (χ3n) is 4.63. The molecule has 0 aliphatic carbocycles. The molecule has 2 amide bonds. The average Bonchev–Trinajstić information content (AvgIpc) is 3.07. The normalized spacial score (nSPS) is 15.4. The first kappa shape index (κ1) is 21.3. The van der Waals surface area contributed by atoms with Gasteiger partial charge in [-0.15, -0.1) is 0 Å². The number of amides is 2. The largest absolute Gasteiger partial charge is 0.444 e. The molecule has 1 aliphatic heterocycles. The first-order valence-corrected chi connectivity index (χ1v) is 9.65. The maximum atomic E-state index is 12.7. The van der Waals surface area contributed by atoms with Crippen LogP contribution in [-0.4, -0.2) is 32.1 Å². The van der Waals surface area contributed by atoms with Gasteiger partial charge in [-0.25, -0.2) is 14.8 Å². The summed E-state index contributed by atoms with van der Waals surface area (Å²) in [5, 5.41) is 5.42. The van der Waals surface area contributed by atoms with Crippen molar-refractivity contribution in [2.75, 3.05) is 11.1 Å². The van der Waals surface area contributed by atoms with E-state index in [2.05, 4.69) is 20.6 Å². The molecular weight excluding hydrogens is 388 g/mol. The van der Waals surface area contributed by atoms with Crippen molar-refractivity contribution < 1.29 is 14.3 Å². The van der Waals surface area contributed by atoms with E-state index in [1.54, 1.807) is 39.8 Å². The molecule has 0 bridgehead atoms. The molecule has 1 atom stereocenters. The first-order chi connectivity index (χ1) is 14.0. The summed E-state index contributed by atoms with van der Waals surface area (Å²) in [5.41, 5.74) is 6.10. The zero-order valence-electron chi connectivity index (χ0n) is 17.5. The highest BCUT2D eigenvalue weighted by Gasteiger charge is 2.30. The molecule has 4 N–H and O–H groups in total. The van der Waals surface area contributed by atoms with Gasteiger partial charge < -0.3 is 15.8 Å². The minimum atomic E-state index is -0.634. The summed E-state index contributed by atoms with van der Waals surface area (Å²) in [6.07, 6.45) is 1.77. The lowest BCUT2D eigenvalue weighted by Crippen LogP contribution is -2.36. The van der Waals surface area contributed by atoms with Crippen LogP contribution < -0.4 is 21.9 Å². The number of aromatic nitrogens is 3. The minimum absolute atomic E-state index is 0.0200. The van der Waals surface area contributed by atoms with Gasteiger partial charge in [0.1, 0.15) is 29.0 Å². The first-order valence-electron chi connectivity index (χ1n) is 9.65. The predicted molar refractivity (Wildman–Crippen MR) is 111 cm³/mol. The molecule has 1 aliphatic rings. The molecule has 0 aromatic carbocycles. The number of nitrogen functional groups attached to an aromatic ring is 1. The Morgan fingerprint density at radius 2 is 2.07 bits per heavy atom. The van der Waals surface area contributed by atoms with Crippen molar-refractivity contribution in [3.63, 3.8) is 0 Å². The fourth-order valence-electron chi connectivity index (χ4n) is 3.22. The summed E-state index contributed by atoms with van der Waals surface area (Å²) in [6.45, 7) is 7.34. The Labute approximate surface area is 173 Å². The number of carbonyl (C=O) groups is 2. The van der Waals surface area contributed by atoms with Gasteiger partial charge in [0.25, 0.3) is 5.56 Å². The van der Waals surface area contributed by atoms with E-state index < -0.39 is 23.3 Å². The molecule has 30 heavy (non-hydrogen) atoms. The molecule has 3 rings (SSSR count). The van der Waals surface area contributed by atoms with Crippen LogP contribution in [0.2, 0.25) is 0 Å². The van der Waals surface area contributed by atoms with E-state index >= 15 is 0 Å². The van der Waals surface area contributed by atoms with E-state index in [0.717, 1.165) is 5.56 Å². The van der Waals surface area contributed by atoms with E-state index in [4.69, 9.17) is 10.5 Å². The van der Waals surface area contributed by atoms with Gasteiger partial charge in [0.2, 0.25) is 5.91 Å². The van der Waals surface area contributed by atoms with Gasteiger partial charge in [0, 0.05) is 18.7 Å². The van der Waals surface area contributed by atoms with Gasteiger partial charge in [0.15, 0.2) is 0 Å². The Morgan fingerprint density at radius 1 is 1.33 bits per heavy atom. The molecule has 0 fully saturated rings. The van der Waals surface area contributed by atoms with Crippen LogP contribution in [-0.2, 0) is 22.5 Å². The van der Waals surface area contributed by atoms with E-state index in [0.29, 0.717) is 30.2 Å². The molecule has 10 nitrogen and oxygen atoms in total. The van der Waals surface area contributed by atoms with E-state index in [1.807, 2.05) is 0 Å². The van der Waals surface area contributed by atoms with Gasteiger partial charge in [-0.3, -0.25) is 19.5 Å². The van der Waals surface area contributed by atoms with Crippen LogP contribution in [0.15, 0.2) is 23.1 Å². The fourth-order valence-corrected chi connectivity index (χ4v) is 3.22. The standard InChI is InChI=1S/C20H26N6O4/c1-11-12(5-7-15(24-11)25-19(29)30-20(2,3)4)9-23-17(27)14-6-8-16-22-10-13(21)18(28)26(14)16/h5,7,10,14H,6,8-9,21H2,1-4H3,(H,23,27)(H,24,25,29)/t14-/m0/s1. The Hall–Kier alpha value is -3.43. The highest BCUT2D eigenvalue weighted by Crippen LogP contribution is 2.23. The maximum absolute atomic E-state index is 12.7. The smallest absolute Gasteiger partial charge is 0.413 e. The van der Waals surface area contributed by atoms with Crippen LogP contribution in [0.5, 0.6) is 0 Å². The minimum Gasteiger partial charge on any atom is -0.444 e. The monoisotopic (exact) mass is 414 g/mol. The van der Waals surface area contributed by atoms with Crippen molar-refractivity contribution >= 4 is 23.5 Å². The molecular formula is C20H26N6O4. The Kier molecular flexibility index (Phi) is 5.77. The van der Waals surface area contributed by atoms with Crippen molar-refractivity contribution in [2.24, 2.45) is 0 Å². The highest BCUT2D eigenvalue weighted by atomic mass is 16.6. The molecule has 2 aromatic rings. The Morgan fingerprint density at radius 3 is 2.73 bits per heavy atom. The SMILES string of the molecule is Cc1nc(NC(=O)OC(C)(C)C)ccc1CNC(=O)[C@@H]1CCc2ncc(N)c(=O)n21. The quantitative estimate of drug-likeness (QED) is 0.691. The summed E-state index contributed by atoms with van der Waals surface area (Å²) < 4.78 is 6.57.